The van der Waals surface area contributed by atoms with Crippen molar-refractivity contribution in [2.75, 3.05) is 17.2 Å². The minimum Gasteiger partial charge on any atom is -0.457 e. The molecule has 0 amide bonds. The fourth-order valence-corrected chi connectivity index (χ4v) is 3.93. The van der Waals surface area contributed by atoms with Crippen LogP contribution in [0.3, 0.4) is 0 Å². The van der Waals surface area contributed by atoms with E-state index >= 15 is 0 Å². The van der Waals surface area contributed by atoms with Crippen LogP contribution >= 0.6 is 0 Å². The first-order valence-electron chi connectivity index (χ1n) is 7.43. The van der Waals surface area contributed by atoms with E-state index in [1.54, 1.807) is 32.0 Å². The number of ether oxygens (including phenoxy) is 1. The van der Waals surface area contributed by atoms with Crippen LogP contribution in [0.15, 0.2) is 18.2 Å². The Morgan fingerprint density at radius 1 is 1.35 bits per heavy atom. The van der Waals surface area contributed by atoms with Crippen molar-refractivity contribution in [2.24, 2.45) is 5.92 Å². The maximum absolute atomic E-state index is 12.1. The molecule has 7 heteroatoms. The normalized spacial score (nSPS) is 17.3. The number of hydrogen-bond donors (Lipinski definition) is 0. The molecular formula is C16H21NO5S. The molecule has 1 aliphatic heterocycles. The molecule has 0 bridgehead atoms. The van der Waals surface area contributed by atoms with Gasteiger partial charge in [-0.1, -0.05) is 13.8 Å². The lowest BCUT2D eigenvalue weighted by atomic mass is 10.0. The van der Waals surface area contributed by atoms with Crippen molar-refractivity contribution in [3.05, 3.63) is 29.3 Å². The van der Waals surface area contributed by atoms with Gasteiger partial charge in [0.15, 0.2) is 12.4 Å². The number of benzene rings is 1. The van der Waals surface area contributed by atoms with Gasteiger partial charge in [-0.25, -0.2) is 8.42 Å². The molecule has 1 heterocycles. The monoisotopic (exact) mass is 339 g/mol. The molecule has 0 unspecified atom stereocenters. The molecule has 1 atom stereocenters. The molecule has 0 fully saturated rings. The van der Waals surface area contributed by atoms with Gasteiger partial charge in [0, 0.05) is 11.6 Å². The summed E-state index contributed by atoms with van der Waals surface area (Å²) in [6.45, 7) is 4.92. The Kier molecular flexibility index (Phi) is 4.79. The van der Waals surface area contributed by atoms with Crippen LogP contribution in [0.25, 0.3) is 0 Å². The molecule has 6 nitrogen and oxygen atoms in total. The Bertz CT molecular complexity index is 739. The van der Waals surface area contributed by atoms with Crippen molar-refractivity contribution >= 4 is 27.5 Å². The van der Waals surface area contributed by atoms with Crippen LogP contribution < -0.4 is 4.31 Å². The van der Waals surface area contributed by atoms with Crippen molar-refractivity contribution in [1.29, 1.82) is 0 Å². The molecule has 2 rings (SSSR count). The minimum absolute atomic E-state index is 0.177. The van der Waals surface area contributed by atoms with Crippen LogP contribution in [0.1, 0.15) is 36.7 Å². The summed E-state index contributed by atoms with van der Waals surface area (Å²) in [5.74, 6) is -1.00. The van der Waals surface area contributed by atoms with Gasteiger partial charge in [0.25, 0.3) is 0 Å². The van der Waals surface area contributed by atoms with E-state index in [2.05, 4.69) is 0 Å². The van der Waals surface area contributed by atoms with Gasteiger partial charge in [-0.05, 0) is 37.1 Å². The lowest BCUT2D eigenvalue weighted by Crippen LogP contribution is -2.34. The van der Waals surface area contributed by atoms with E-state index in [-0.39, 0.29) is 24.3 Å². The van der Waals surface area contributed by atoms with Crippen molar-refractivity contribution in [2.45, 2.75) is 33.2 Å². The maximum Gasteiger partial charge on any atom is 0.308 e. The number of carbonyl (C=O) groups excluding carboxylic acids is 2. The number of esters is 1. The molecule has 0 N–H and O–H groups in total. The lowest BCUT2D eigenvalue weighted by Gasteiger charge is -2.21. The fourth-order valence-electron chi connectivity index (χ4n) is 2.67. The largest absolute Gasteiger partial charge is 0.457 e. The number of Topliss-reactive ketones (excluding diaryl/α,β-unsaturated/α-hetero) is 1. The Hall–Kier alpha value is -1.89. The predicted octanol–water partition coefficient (Wildman–Crippen LogP) is 1.78. The third kappa shape index (κ3) is 3.72. The molecule has 0 aliphatic carbocycles. The number of fused-ring (bicyclic) bond motifs is 1. The Morgan fingerprint density at radius 3 is 2.57 bits per heavy atom. The van der Waals surface area contributed by atoms with Gasteiger partial charge < -0.3 is 4.74 Å². The highest BCUT2D eigenvalue weighted by Crippen LogP contribution is 2.34. The Balaban J connectivity index is 2.18. The zero-order chi connectivity index (χ0) is 17.4. The molecular weight excluding hydrogens is 318 g/mol. The van der Waals surface area contributed by atoms with Crippen LogP contribution in [-0.4, -0.2) is 39.1 Å². The number of rotatable bonds is 5. The number of hydrogen-bond acceptors (Lipinski definition) is 5. The summed E-state index contributed by atoms with van der Waals surface area (Å²) in [6.07, 6.45) is 1.72. The SMILES string of the molecule is CC(C)C(=O)OCC(=O)c1ccc2c(c1)C[C@H](C)N2S(C)(=O)=O. The van der Waals surface area contributed by atoms with E-state index < -0.39 is 16.0 Å². The van der Waals surface area contributed by atoms with Crippen molar-refractivity contribution in [3.63, 3.8) is 0 Å². The third-order valence-electron chi connectivity index (χ3n) is 3.73. The van der Waals surface area contributed by atoms with Gasteiger partial charge in [0.05, 0.1) is 17.9 Å². The quantitative estimate of drug-likeness (QED) is 0.603. The second kappa shape index (κ2) is 6.31. The first kappa shape index (κ1) is 17.5. The summed E-state index contributed by atoms with van der Waals surface area (Å²) in [5, 5.41) is 0. The predicted molar refractivity (Wildman–Crippen MR) is 87.1 cm³/mol. The topological polar surface area (TPSA) is 80.8 Å². The van der Waals surface area contributed by atoms with Crippen LogP contribution in [-0.2, 0) is 26.0 Å². The Morgan fingerprint density at radius 2 is 2.00 bits per heavy atom. The molecule has 1 aliphatic rings. The second-order valence-corrected chi connectivity index (χ2v) is 8.00. The molecule has 0 aromatic heterocycles. The zero-order valence-corrected chi connectivity index (χ0v) is 14.5. The molecule has 0 saturated heterocycles. The summed E-state index contributed by atoms with van der Waals surface area (Å²) in [7, 11) is -3.35. The first-order chi connectivity index (χ1) is 10.6. The summed E-state index contributed by atoms with van der Waals surface area (Å²) >= 11 is 0. The molecule has 0 saturated carbocycles. The highest BCUT2D eigenvalue weighted by Gasteiger charge is 2.32. The number of carbonyl (C=O) groups is 2. The average molecular weight is 339 g/mol. The van der Waals surface area contributed by atoms with Gasteiger partial charge in [-0.15, -0.1) is 0 Å². The van der Waals surface area contributed by atoms with Crippen LogP contribution in [0, 0.1) is 5.92 Å². The van der Waals surface area contributed by atoms with Crippen molar-refractivity contribution in [3.8, 4) is 0 Å². The van der Waals surface area contributed by atoms with Crippen LogP contribution in [0.4, 0.5) is 5.69 Å². The van der Waals surface area contributed by atoms with Gasteiger partial charge in [0.2, 0.25) is 10.0 Å². The third-order valence-corrected chi connectivity index (χ3v) is 5.00. The summed E-state index contributed by atoms with van der Waals surface area (Å²) in [6, 6.07) is 4.71. The van der Waals surface area contributed by atoms with E-state index in [9.17, 15) is 18.0 Å². The lowest BCUT2D eigenvalue weighted by molar-refractivity contribution is -0.146. The highest BCUT2D eigenvalue weighted by molar-refractivity contribution is 7.92. The maximum atomic E-state index is 12.1. The van der Waals surface area contributed by atoms with Gasteiger partial charge >= 0.3 is 5.97 Å². The van der Waals surface area contributed by atoms with E-state index in [0.29, 0.717) is 17.7 Å². The molecule has 0 spiro atoms. The number of anilines is 1. The van der Waals surface area contributed by atoms with E-state index in [1.165, 1.54) is 10.6 Å². The first-order valence-corrected chi connectivity index (χ1v) is 9.28. The highest BCUT2D eigenvalue weighted by atomic mass is 32.2. The number of sulfonamides is 1. The molecule has 1 aromatic rings. The van der Waals surface area contributed by atoms with E-state index in [1.807, 2.05) is 6.92 Å². The van der Waals surface area contributed by atoms with Gasteiger partial charge in [-0.3, -0.25) is 13.9 Å². The molecule has 1 aromatic carbocycles. The number of nitrogens with zero attached hydrogens (tertiary/aromatic N) is 1. The number of ketones is 1. The van der Waals surface area contributed by atoms with E-state index in [4.69, 9.17) is 4.74 Å². The zero-order valence-electron chi connectivity index (χ0n) is 13.7. The van der Waals surface area contributed by atoms with Crippen LogP contribution in [0.2, 0.25) is 0 Å². The van der Waals surface area contributed by atoms with Gasteiger partial charge in [-0.2, -0.15) is 0 Å². The standard InChI is InChI=1S/C16H21NO5S/c1-10(2)16(19)22-9-15(18)12-5-6-14-13(8-12)7-11(3)17(14)23(4,20)21/h5-6,8,10-11H,7,9H2,1-4H3/t11-/m0/s1. The van der Waals surface area contributed by atoms with Crippen molar-refractivity contribution in [1.82, 2.24) is 0 Å². The van der Waals surface area contributed by atoms with E-state index in [0.717, 1.165) is 5.56 Å². The summed E-state index contributed by atoms with van der Waals surface area (Å²) < 4.78 is 30.0. The molecule has 126 valence electrons. The fraction of sp³-hybridized carbons (Fsp3) is 0.500. The van der Waals surface area contributed by atoms with Crippen LogP contribution in [0.5, 0.6) is 0 Å². The summed E-state index contributed by atoms with van der Waals surface area (Å²) in [5.41, 5.74) is 1.84. The second-order valence-electron chi connectivity index (χ2n) is 6.14. The Labute approximate surface area is 136 Å². The smallest absolute Gasteiger partial charge is 0.308 e. The average Bonchev–Trinajstić information content (AvgIpc) is 2.78. The molecule has 23 heavy (non-hydrogen) atoms. The summed E-state index contributed by atoms with van der Waals surface area (Å²) in [4.78, 5) is 23.5. The van der Waals surface area contributed by atoms with Gasteiger partial charge in [0.1, 0.15) is 0 Å². The minimum atomic E-state index is -3.35. The van der Waals surface area contributed by atoms with Crippen molar-refractivity contribution < 1.29 is 22.7 Å². The molecule has 0 radical (unpaired) electrons.